The van der Waals surface area contributed by atoms with Gasteiger partial charge < -0.3 is 15.5 Å². The summed E-state index contributed by atoms with van der Waals surface area (Å²) in [5.41, 5.74) is 4.41. The number of aromatic nitrogens is 2. The molecule has 0 unspecified atom stereocenters. The van der Waals surface area contributed by atoms with Gasteiger partial charge in [-0.2, -0.15) is 0 Å². The van der Waals surface area contributed by atoms with Gasteiger partial charge in [0.15, 0.2) is 11.5 Å². The molecule has 29 heavy (non-hydrogen) atoms. The van der Waals surface area contributed by atoms with Gasteiger partial charge in [-0.3, -0.25) is 28.4 Å². The number of amides is 1. The maximum absolute atomic E-state index is 12.7. The average molecular weight is 403 g/mol. The van der Waals surface area contributed by atoms with E-state index >= 15 is 0 Å². The Morgan fingerprint density at radius 1 is 1.17 bits per heavy atom. The van der Waals surface area contributed by atoms with E-state index in [2.05, 4.69) is 5.32 Å². The molecular formula is C19H25N5O5. The van der Waals surface area contributed by atoms with Crippen LogP contribution in [0.25, 0.3) is 0 Å². The van der Waals surface area contributed by atoms with Crippen LogP contribution in [0.5, 0.6) is 0 Å². The van der Waals surface area contributed by atoms with Gasteiger partial charge in [-0.15, -0.1) is 0 Å². The summed E-state index contributed by atoms with van der Waals surface area (Å²) in [7, 11) is 2.73. The molecular weight excluding hydrogens is 378 g/mol. The molecule has 3 rings (SSSR count). The largest absolute Gasteiger partial charge is 0.456 e. The number of anilines is 1. The van der Waals surface area contributed by atoms with Gasteiger partial charge in [0.05, 0.1) is 6.54 Å². The van der Waals surface area contributed by atoms with Crippen LogP contribution in [0.1, 0.15) is 39.5 Å². The fourth-order valence-electron chi connectivity index (χ4n) is 3.45. The highest BCUT2D eigenvalue weighted by atomic mass is 16.3. The van der Waals surface area contributed by atoms with Crippen molar-refractivity contribution < 1.29 is 14.0 Å². The van der Waals surface area contributed by atoms with Crippen molar-refractivity contribution in [1.82, 2.24) is 19.4 Å². The molecule has 2 aromatic heterocycles. The van der Waals surface area contributed by atoms with E-state index < -0.39 is 17.0 Å². The molecule has 1 amide bonds. The maximum Gasteiger partial charge on any atom is 0.332 e. The van der Waals surface area contributed by atoms with Crippen LogP contribution in [0.4, 0.5) is 5.82 Å². The smallest absolute Gasteiger partial charge is 0.332 e. The first kappa shape index (κ1) is 20.6. The Hall–Kier alpha value is -3.14. The van der Waals surface area contributed by atoms with E-state index in [1.807, 2.05) is 4.90 Å². The fraction of sp³-hybridized carbons (Fsp3) is 0.474. The molecule has 0 radical (unpaired) electrons. The van der Waals surface area contributed by atoms with Gasteiger partial charge in [0, 0.05) is 33.2 Å². The van der Waals surface area contributed by atoms with Crippen molar-refractivity contribution in [2.45, 2.75) is 25.8 Å². The van der Waals surface area contributed by atoms with Crippen molar-refractivity contribution in [2.24, 2.45) is 14.1 Å². The number of aryl methyl sites for hydroxylation is 1. The standard InChI is InChI=1S/C19H25N5O5/c1-11-4-5-14(29-11)17(26)21-12-6-8-24(9-7-12)10-13(25)15-16(20)22(2)19(28)23(3)18(15)27/h4-5,12H,6-10,20H2,1-3H3,(H,21,26). The van der Waals surface area contributed by atoms with Crippen molar-refractivity contribution in [3.8, 4) is 0 Å². The highest BCUT2D eigenvalue weighted by molar-refractivity contribution is 6.01. The number of nitrogens with zero attached hydrogens (tertiary/aromatic N) is 3. The minimum atomic E-state index is -0.688. The number of Topliss-reactive ketones (excluding diaryl/α,β-unsaturated/α-hetero) is 1. The summed E-state index contributed by atoms with van der Waals surface area (Å²) in [4.78, 5) is 51.0. The third kappa shape index (κ3) is 4.16. The number of hydrogen-bond donors (Lipinski definition) is 2. The van der Waals surface area contributed by atoms with Crippen LogP contribution in [0, 0.1) is 6.92 Å². The van der Waals surface area contributed by atoms with E-state index in [1.54, 1.807) is 19.1 Å². The zero-order valence-electron chi connectivity index (χ0n) is 16.7. The first-order valence-corrected chi connectivity index (χ1v) is 9.37. The van der Waals surface area contributed by atoms with E-state index in [-0.39, 0.29) is 35.6 Å². The molecule has 0 saturated carbocycles. The summed E-state index contributed by atoms with van der Waals surface area (Å²) < 4.78 is 7.29. The minimum absolute atomic E-state index is 0.0188. The quantitative estimate of drug-likeness (QED) is 0.652. The predicted octanol–water partition coefficient (Wildman–Crippen LogP) is -0.355. The number of ketones is 1. The predicted molar refractivity (Wildman–Crippen MR) is 106 cm³/mol. The minimum Gasteiger partial charge on any atom is -0.456 e. The van der Waals surface area contributed by atoms with Gasteiger partial charge in [-0.05, 0) is 31.9 Å². The van der Waals surface area contributed by atoms with Crippen LogP contribution in [0.2, 0.25) is 0 Å². The highest BCUT2D eigenvalue weighted by Gasteiger charge is 2.26. The number of nitrogens with two attached hydrogens (primary N) is 1. The Bertz CT molecular complexity index is 1060. The average Bonchev–Trinajstić information content (AvgIpc) is 3.13. The molecule has 156 valence electrons. The van der Waals surface area contributed by atoms with Gasteiger partial charge in [0.2, 0.25) is 0 Å². The van der Waals surface area contributed by atoms with Crippen LogP contribution in [-0.4, -0.2) is 51.4 Å². The Kier molecular flexibility index (Phi) is 5.73. The van der Waals surface area contributed by atoms with Gasteiger partial charge in [0.25, 0.3) is 11.5 Å². The number of nitrogen functional groups attached to an aromatic ring is 1. The second kappa shape index (κ2) is 8.08. The van der Waals surface area contributed by atoms with Crippen molar-refractivity contribution in [3.05, 3.63) is 50.1 Å². The van der Waals surface area contributed by atoms with E-state index in [0.29, 0.717) is 31.7 Å². The topological polar surface area (TPSA) is 133 Å². The van der Waals surface area contributed by atoms with Crippen molar-refractivity contribution in [3.63, 3.8) is 0 Å². The summed E-state index contributed by atoms with van der Waals surface area (Å²) in [6.45, 7) is 2.96. The summed E-state index contributed by atoms with van der Waals surface area (Å²) in [5, 5.41) is 2.94. The molecule has 10 nitrogen and oxygen atoms in total. The number of hydrogen-bond acceptors (Lipinski definition) is 7. The zero-order valence-corrected chi connectivity index (χ0v) is 16.7. The molecule has 10 heteroatoms. The Morgan fingerprint density at radius 3 is 2.41 bits per heavy atom. The molecule has 3 N–H and O–H groups in total. The monoisotopic (exact) mass is 403 g/mol. The van der Waals surface area contributed by atoms with E-state index in [4.69, 9.17) is 10.2 Å². The lowest BCUT2D eigenvalue weighted by Crippen LogP contribution is -2.47. The molecule has 0 atom stereocenters. The second-order valence-corrected chi connectivity index (χ2v) is 7.32. The zero-order chi connectivity index (χ0) is 21.3. The SMILES string of the molecule is Cc1ccc(C(=O)NC2CCN(CC(=O)c3c(N)n(C)c(=O)n(C)c3=O)CC2)o1. The molecule has 0 aliphatic carbocycles. The lowest BCUT2D eigenvalue weighted by atomic mass is 10.0. The number of rotatable bonds is 5. The first-order valence-electron chi connectivity index (χ1n) is 9.37. The van der Waals surface area contributed by atoms with Crippen molar-refractivity contribution >= 4 is 17.5 Å². The Labute approximate surface area is 166 Å². The second-order valence-electron chi connectivity index (χ2n) is 7.32. The first-order chi connectivity index (χ1) is 13.7. The number of piperidine rings is 1. The number of carbonyl (C=O) groups is 2. The third-order valence-corrected chi connectivity index (χ3v) is 5.24. The molecule has 3 heterocycles. The van der Waals surface area contributed by atoms with Crippen LogP contribution in [0.15, 0.2) is 26.1 Å². The molecule has 1 saturated heterocycles. The molecule has 2 aromatic rings. The van der Waals surface area contributed by atoms with Gasteiger partial charge in [-0.1, -0.05) is 0 Å². The summed E-state index contributed by atoms with van der Waals surface area (Å²) >= 11 is 0. The maximum atomic E-state index is 12.7. The number of carbonyl (C=O) groups excluding carboxylic acids is 2. The third-order valence-electron chi connectivity index (χ3n) is 5.24. The van der Waals surface area contributed by atoms with Crippen molar-refractivity contribution in [2.75, 3.05) is 25.4 Å². The lowest BCUT2D eigenvalue weighted by molar-refractivity contribution is 0.0842. The van der Waals surface area contributed by atoms with E-state index in [1.165, 1.54) is 14.1 Å². The summed E-state index contributed by atoms with van der Waals surface area (Å²) in [6, 6.07) is 3.35. The molecule has 1 fully saturated rings. The Balaban J connectivity index is 1.60. The van der Waals surface area contributed by atoms with Crippen molar-refractivity contribution in [1.29, 1.82) is 0 Å². The number of likely N-dealkylation sites (tertiary alicyclic amines) is 1. The van der Waals surface area contributed by atoms with E-state index in [9.17, 15) is 19.2 Å². The number of furan rings is 1. The normalized spacial score (nSPS) is 15.4. The summed E-state index contributed by atoms with van der Waals surface area (Å²) in [6.07, 6.45) is 1.33. The molecule has 1 aliphatic rings. The molecule has 0 aromatic carbocycles. The van der Waals surface area contributed by atoms with E-state index in [0.717, 1.165) is 9.13 Å². The highest BCUT2D eigenvalue weighted by Crippen LogP contribution is 2.14. The van der Waals surface area contributed by atoms with Gasteiger partial charge in [0.1, 0.15) is 17.1 Å². The van der Waals surface area contributed by atoms with Crippen LogP contribution >= 0.6 is 0 Å². The van der Waals surface area contributed by atoms with Crippen LogP contribution in [0.3, 0.4) is 0 Å². The lowest BCUT2D eigenvalue weighted by Gasteiger charge is -2.31. The van der Waals surface area contributed by atoms with Gasteiger partial charge in [-0.25, -0.2) is 4.79 Å². The molecule has 0 bridgehead atoms. The molecule has 1 aliphatic heterocycles. The van der Waals surface area contributed by atoms with Crippen LogP contribution in [-0.2, 0) is 14.1 Å². The Morgan fingerprint density at radius 2 is 1.83 bits per heavy atom. The molecule has 0 spiro atoms. The summed E-state index contributed by atoms with van der Waals surface area (Å²) in [5.74, 6) is 0.147. The number of nitrogens with one attached hydrogen (secondary N) is 1. The fourth-order valence-corrected chi connectivity index (χ4v) is 3.45. The van der Waals surface area contributed by atoms with Crippen LogP contribution < -0.4 is 22.3 Å². The van der Waals surface area contributed by atoms with Gasteiger partial charge >= 0.3 is 5.69 Å².